The van der Waals surface area contributed by atoms with Crippen molar-refractivity contribution < 1.29 is 4.79 Å². The lowest BCUT2D eigenvalue weighted by Gasteiger charge is -2.37. The summed E-state index contributed by atoms with van der Waals surface area (Å²) in [5, 5.41) is 0. The van der Waals surface area contributed by atoms with E-state index in [1.165, 1.54) is 19.3 Å². The van der Waals surface area contributed by atoms with Crippen LogP contribution in [0.3, 0.4) is 0 Å². The van der Waals surface area contributed by atoms with Gasteiger partial charge in [0.2, 0.25) is 5.91 Å². The number of nitrogens with two attached hydrogens (primary N) is 1. The van der Waals surface area contributed by atoms with E-state index in [0.29, 0.717) is 17.8 Å². The van der Waals surface area contributed by atoms with Gasteiger partial charge in [0.15, 0.2) is 0 Å². The van der Waals surface area contributed by atoms with Gasteiger partial charge in [0.05, 0.1) is 0 Å². The van der Waals surface area contributed by atoms with Crippen LogP contribution in [-0.4, -0.2) is 5.91 Å². The molecule has 2 bridgehead atoms. The van der Waals surface area contributed by atoms with E-state index in [-0.39, 0.29) is 5.91 Å². The van der Waals surface area contributed by atoms with Gasteiger partial charge in [-0.25, -0.2) is 0 Å². The first kappa shape index (κ1) is 9.04. The van der Waals surface area contributed by atoms with Crippen LogP contribution in [0.15, 0.2) is 0 Å². The van der Waals surface area contributed by atoms with E-state index < -0.39 is 0 Å². The minimum absolute atomic E-state index is 0.120. The van der Waals surface area contributed by atoms with E-state index in [9.17, 15) is 4.79 Å². The van der Waals surface area contributed by atoms with Gasteiger partial charge in [-0.15, -0.1) is 0 Å². The Hall–Kier alpha value is -0.530. The van der Waals surface area contributed by atoms with Crippen molar-refractivity contribution in [1.29, 1.82) is 0 Å². The lowest BCUT2D eigenvalue weighted by atomic mass is 9.67. The predicted molar refractivity (Wildman–Crippen MR) is 51.9 cm³/mol. The van der Waals surface area contributed by atoms with E-state index in [4.69, 9.17) is 5.73 Å². The number of carbonyl (C=O) groups is 1. The molecule has 2 N–H and O–H groups in total. The zero-order valence-corrected chi connectivity index (χ0v) is 8.55. The van der Waals surface area contributed by atoms with Gasteiger partial charge in [0, 0.05) is 6.42 Å². The van der Waals surface area contributed by atoms with Gasteiger partial charge >= 0.3 is 0 Å². The first-order valence-corrected chi connectivity index (χ1v) is 5.30. The third-order valence-electron chi connectivity index (χ3n) is 4.47. The zero-order chi connectivity index (χ0) is 9.64. The first-order valence-electron chi connectivity index (χ1n) is 5.30. The van der Waals surface area contributed by atoms with Gasteiger partial charge in [0.1, 0.15) is 0 Å². The van der Waals surface area contributed by atoms with Crippen LogP contribution >= 0.6 is 0 Å². The van der Waals surface area contributed by atoms with Crippen molar-refractivity contribution in [2.75, 3.05) is 0 Å². The fourth-order valence-electron chi connectivity index (χ4n) is 3.61. The molecule has 0 unspecified atom stereocenters. The van der Waals surface area contributed by atoms with Crippen molar-refractivity contribution in [3.63, 3.8) is 0 Å². The van der Waals surface area contributed by atoms with Crippen LogP contribution in [0, 0.1) is 23.2 Å². The highest BCUT2D eigenvalue weighted by Gasteiger charge is 2.52. The Morgan fingerprint density at radius 2 is 2.15 bits per heavy atom. The highest BCUT2D eigenvalue weighted by Crippen LogP contribution is 2.60. The molecule has 0 spiro atoms. The third-order valence-corrected chi connectivity index (χ3v) is 4.47. The van der Waals surface area contributed by atoms with Crippen LogP contribution in [0.25, 0.3) is 0 Å². The van der Waals surface area contributed by atoms with Crippen LogP contribution in [0.4, 0.5) is 0 Å². The summed E-state index contributed by atoms with van der Waals surface area (Å²) in [6.07, 6.45) is 4.64. The molecule has 2 nitrogen and oxygen atoms in total. The van der Waals surface area contributed by atoms with Crippen molar-refractivity contribution in [2.24, 2.45) is 28.9 Å². The molecule has 1 amide bonds. The van der Waals surface area contributed by atoms with Crippen molar-refractivity contribution in [3.05, 3.63) is 0 Å². The molecule has 0 aliphatic heterocycles. The number of hydrogen-bond donors (Lipinski definition) is 1. The summed E-state index contributed by atoms with van der Waals surface area (Å²) in [5.41, 5.74) is 5.65. The molecule has 0 aromatic rings. The maximum absolute atomic E-state index is 10.9. The van der Waals surface area contributed by atoms with Gasteiger partial charge in [-0.05, 0) is 42.4 Å². The molecule has 2 aliphatic rings. The lowest BCUT2D eigenvalue weighted by molar-refractivity contribution is -0.120. The van der Waals surface area contributed by atoms with Crippen molar-refractivity contribution in [2.45, 2.75) is 39.5 Å². The normalized spacial score (nSPS) is 40.9. The van der Waals surface area contributed by atoms with Gasteiger partial charge in [-0.1, -0.05) is 13.8 Å². The number of carbonyl (C=O) groups excluding carboxylic acids is 1. The molecule has 0 aromatic heterocycles. The monoisotopic (exact) mass is 181 g/mol. The van der Waals surface area contributed by atoms with E-state index in [1.807, 2.05) is 0 Å². The smallest absolute Gasteiger partial charge is 0.217 e. The summed E-state index contributed by atoms with van der Waals surface area (Å²) < 4.78 is 0. The Kier molecular flexibility index (Phi) is 1.90. The molecule has 0 radical (unpaired) electrons. The largest absolute Gasteiger partial charge is 0.370 e. The summed E-state index contributed by atoms with van der Waals surface area (Å²) in [7, 11) is 0. The van der Waals surface area contributed by atoms with Gasteiger partial charge in [-0.2, -0.15) is 0 Å². The molecule has 2 saturated carbocycles. The number of fused-ring (bicyclic) bond motifs is 2. The van der Waals surface area contributed by atoms with Crippen molar-refractivity contribution in [3.8, 4) is 0 Å². The van der Waals surface area contributed by atoms with E-state index in [1.54, 1.807) is 0 Å². The average Bonchev–Trinajstić information content (AvgIpc) is 2.53. The number of hydrogen-bond acceptors (Lipinski definition) is 1. The topological polar surface area (TPSA) is 43.1 Å². The predicted octanol–water partition coefficient (Wildman–Crippen LogP) is 1.93. The van der Waals surface area contributed by atoms with Crippen LogP contribution in [-0.2, 0) is 4.79 Å². The number of amides is 1. The van der Waals surface area contributed by atoms with Gasteiger partial charge in [0.25, 0.3) is 0 Å². The molecule has 13 heavy (non-hydrogen) atoms. The second-order valence-corrected chi connectivity index (χ2v) is 5.37. The van der Waals surface area contributed by atoms with E-state index in [2.05, 4.69) is 13.8 Å². The highest BCUT2D eigenvalue weighted by molar-refractivity contribution is 5.74. The SMILES string of the molecule is CC1(C)[C@@H]2CC[C@@H](C2)[C@@H]1CC(N)=O. The lowest BCUT2D eigenvalue weighted by Crippen LogP contribution is -2.33. The van der Waals surface area contributed by atoms with E-state index in [0.717, 1.165) is 11.8 Å². The average molecular weight is 181 g/mol. The van der Waals surface area contributed by atoms with Crippen LogP contribution in [0.2, 0.25) is 0 Å². The van der Waals surface area contributed by atoms with Crippen LogP contribution < -0.4 is 5.73 Å². The molecule has 2 fully saturated rings. The molecular weight excluding hydrogens is 162 g/mol. The molecule has 0 aromatic carbocycles. The molecule has 2 heteroatoms. The minimum Gasteiger partial charge on any atom is -0.370 e. The summed E-state index contributed by atoms with van der Waals surface area (Å²) in [6.45, 7) is 4.62. The quantitative estimate of drug-likeness (QED) is 0.695. The Labute approximate surface area is 79.9 Å². The molecule has 74 valence electrons. The second kappa shape index (κ2) is 2.73. The fraction of sp³-hybridized carbons (Fsp3) is 0.909. The Bertz CT molecular complexity index is 234. The zero-order valence-electron chi connectivity index (χ0n) is 8.55. The van der Waals surface area contributed by atoms with Crippen molar-refractivity contribution in [1.82, 2.24) is 0 Å². The molecule has 0 heterocycles. The Balaban J connectivity index is 2.14. The van der Waals surface area contributed by atoms with Crippen LogP contribution in [0.5, 0.6) is 0 Å². The molecule has 2 aliphatic carbocycles. The number of primary amides is 1. The summed E-state index contributed by atoms with van der Waals surface area (Å²) in [4.78, 5) is 10.9. The fourth-order valence-corrected chi connectivity index (χ4v) is 3.61. The third kappa shape index (κ3) is 1.27. The minimum atomic E-state index is -0.120. The summed E-state index contributed by atoms with van der Waals surface area (Å²) in [6, 6.07) is 0. The Morgan fingerprint density at radius 3 is 2.62 bits per heavy atom. The maximum atomic E-state index is 10.9. The molecule has 3 atom stereocenters. The highest BCUT2D eigenvalue weighted by atomic mass is 16.1. The number of rotatable bonds is 2. The van der Waals surface area contributed by atoms with E-state index >= 15 is 0 Å². The van der Waals surface area contributed by atoms with Crippen molar-refractivity contribution >= 4 is 5.91 Å². The second-order valence-electron chi connectivity index (χ2n) is 5.37. The summed E-state index contributed by atoms with van der Waals surface area (Å²) in [5.74, 6) is 2.07. The standard InChI is InChI=1S/C11H19NO/c1-11(2)8-4-3-7(5-8)9(11)6-10(12)13/h7-9H,3-6H2,1-2H3,(H2,12,13)/t7-,8+,9-/m0/s1. The molecule has 2 rings (SSSR count). The molecule has 0 saturated heterocycles. The van der Waals surface area contributed by atoms with Gasteiger partial charge < -0.3 is 5.73 Å². The molecular formula is C11H19NO. The first-order chi connectivity index (χ1) is 6.01. The summed E-state index contributed by atoms with van der Waals surface area (Å²) >= 11 is 0. The maximum Gasteiger partial charge on any atom is 0.217 e. The van der Waals surface area contributed by atoms with Gasteiger partial charge in [-0.3, -0.25) is 4.79 Å². The van der Waals surface area contributed by atoms with Crippen LogP contribution in [0.1, 0.15) is 39.5 Å². The Morgan fingerprint density at radius 1 is 1.46 bits per heavy atom.